The summed E-state index contributed by atoms with van der Waals surface area (Å²) in [5.74, 6) is 1.84. The molecule has 5 nitrogen and oxygen atoms in total. The van der Waals surface area contributed by atoms with Gasteiger partial charge in [-0.2, -0.15) is 0 Å². The molecule has 5 heteroatoms. The van der Waals surface area contributed by atoms with Crippen LogP contribution in [0.5, 0.6) is 0 Å². The third-order valence-corrected chi connectivity index (χ3v) is 6.86. The van der Waals surface area contributed by atoms with Gasteiger partial charge in [-0.15, -0.1) is 0 Å². The number of nitrogen functional groups attached to an aromatic ring is 1. The van der Waals surface area contributed by atoms with Crippen LogP contribution in [0.15, 0.2) is 24.3 Å². The van der Waals surface area contributed by atoms with E-state index in [4.69, 9.17) is 10.5 Å². The lowest BCUT2D eigenvalue weighted by molar-refractivity contribution is -0.128. The van der Waals surface area contributed by atoms with Crippen LogP contribution in [0.2, 0.25) is 0 Å². The standard InChI is InChI=1S/C21H28N2O3/c1-13(21-9-14-6-15(10-21)8-16(7-14)11-21)23-19(24)12-26-20(25)17-2-4-18(22)5-3-17/h2-5,13-16H,6-12,22H2,1H3,(H,23,24)/t13-,14?,15?,16?,21?/m0/s1. The van der Waals surface area contributed by atoms with Crippen LogP contribution in [0.1, 0.15) is 55.8 Å². The summed E-state index contributed by atoms with van der Waals surface area (Å²) in [5.41, 5.74) is 6.86. The molecule has 0 aliphatic heterocycles. The van der Waals surface area contributed by atoms with Crippen LogP contribution in [0.4, 0.5) is 5.69 Å². The Hall–Kier alpha value is -2.04. The van der Waals surface area contributed by atoms with Crippen molar-refractivity contribution in [2.75, 3.05) is 12.3 Å². The smallest absolute Gasteiger partial charge is 0.338 e. The number of rotatable bonds is 5. The zero-order valence-corrected chi connectivity index (χ0v) is 15.4. The molecule has 0 spiro atoms. The summed E-state index contributed by atoms with van der Waals surface area (Å²) in [4.78, 5) is 24.4. The molecule has 0 saturated heterocycles. The van der Waals surface area contributed by atoms with Gasteiger partial charge in [-0.05, 0) is 92.9 Å². The molecule has 4 aliphatic carbocycles. The normalized spacial score (nSPS) is 32.9. The Morgan fingerprint density at radius 1 is 1.12 bits per heavy atom. The van der Waals surface area contributed by atoms with Crippen molar-refractivity contribution < 1.29 is 14.3 Å². The van der Waals surface area contributed by atoms with Gasteiger partial charge in [0.05, 0.1) is 5.56 Å². The molecule has 1 aromatic carbocycles. The van der Waals surface area contributed by atoms with Gasteiger partial charge >= 0.3 is 5.97 Å². The first kappa shape index (κ1) is 17.4. The molecule has 4 saturated carbocycles. The molecule has 3 N–H and O–H groups in total. The maximum absolute atomic E-state index is 12.3. The average molecular weight is 356 g/mol. The first-order valence-electron chi connectivity index (χ1n) is 9.75. The highest BCUT2D eigenvalue weighted by molar-refractivity contribution is 5.91. The fourth-order valence-corrected chi connectivity index (χ4v) is 5.98. The molecular formula is C21H28N2O3. The highest BCUT2D eigenvalue weighted by atomic mass is 16.5. The Bertz CT molecular complexity index is 662. The Labute approximate surface area is 154 Å². The predicted molar refractivity (Wildman–Crippen MR) is 99.3 cm³/mol. The van der Waals surface area contributed by atoms with E-state index in [-0.39, 0.29) is 24.0 Å². The number of hydrogen-bond acceptors (Lipinski definition) is 4. The number of carbonyl (C=O) groups excluding carboxylic acids is 2. The second-order valence-electron chi connectivity index (χ2n) is 8.77. The lowest BCUT2D eigenvalue weighted by atomic mass is 9.48. The van der Waals surface area contributed by atoms with E-state index in [0.29, 0.717) is 11.3 Å². The average Bonchev–Trinajstić information content (AvgIpc) is 2.59. The van der Waals surface area contributed by atoms with Gasteiger partial charge in [0.2, 0.25) is 0 Å². The summed E-state index contributed by atoms with van der Waals surface area (Å²) in [7, 11) is 0. The number of benzene rings is 1. The molecule has 0 radical (unpaired) electrons. The first-order valence-corrected chi connectivity index (χ1v) is 9.75. The van der Waals surface area contributed by atoms with E-state index in [9.17, 15) is 9.59 Å². The molecule has 1 amide bonds. The third-order valence-electron chi connectivity index (χ3n) is 6.86. The van der Waals surface area contributed by atoms with Gasteiger partial charge in [0.25, 0.3) is 5.91 Å². The van der Waals surface area contributed by atoms with Crippen molar-refractivity contribution >= 4 is 17.6 Å². The number of anilines is 1. The summed E-state index contributed by atoms with van der Waals surface area (Å²) in [6.07, 6.45) is 7.89. The molecule has 1 aromatic rings. The maximum Gasteiger partial charge on any atom is 0.338 e. The van der Waals surface area contributed by atoms with Crippen molar-refractivity contribution in [3.63, 3.8) is 0 Å². The fourth-order valence-electron chi connectivity index (χ4n) is 5.98. The van der Waals surface area contributed by atoms with Crippen molar-refractivity contribution in [3.8, 4) is 0 Å². The maximum atomic E-state index is 12.3. The van der Waals surface area contributed by atoms with Crippen LogP contribution >= 0.6 is 0 Å². The monoisotopic (exact) mass is 356 g/mol. The van der Waals surface area contributed by atoms with Gasteiger partial charge < -0.3 is 15.8 Å². The zero-order chi connectivity index (χ0) is 18.3. The van der Waals surface area contributed by atoms with Crippen LogP contribution < -0.4 is 11.1 Å². The van der Waals surface area contributed by atoms with E-state index < -0.39 is 5.97 Å². The van der Waals surface area contributed by atoms with Crippen LogP contribution in [0.25, 0.3) is 0 Å². The molecule has 140 valence electrons. The topological polar surface area (TPSA) is 81.4 Å². The summed E-state index contributed by atoms with van der Waals surface area (Å²) < 4.78 is 5.16. The number of esters is 1. The highest BCUT2D eigenvalue weighted by Crippen LogP contribution is 2.61. The molecule has 4 aliphatic rings. The second kappa shape index (κ2) is 6.60. The molecule has 1 atom stereocenters. The summed E-state index contributed by atoms with van der Waals surface area (Å²) in [6, 6.07) is 6.64. The Balaban J connectivity index is 1.31. The van der Waals surface area contributed by atoms with Crippen LogP contribution in [0.3, 0.4) is 0 Å². The summed E-state index contributed by atoms with van der Waals surface area (Å²) in [5, 5.41) is 3.12. The number of nitrogens with two attached hydrogens (primary N) is 1. The first-order chi connectivity index (χ1) is 12.4. The van der Waals surface area contributed by atoms with Crippen LogP contribution in [-0.4, -0.2) is 24.5 Å². The van der Waals surface area contributed by atoms with Crippen molar-refractivity contribution in [1.29, 1.82) is 0 Å². The van der Waals surface area contributed by atoms with E-state index >= 15 is 0 Å². The Kier molecular flexibility index (Phi) is 4.41. The molecule has 5 rings (SSSR count). The second-order valence-corrected chi connectivity index (χ2v) is 8.77. The van der Waals surface area contributed by atoms with Crippen LogP contribution in [-0.2, 0) is 9.53 Å². The summed E-state index contributed by atoms with van der Waals surface area (Å²) >= 11 is 0. The molecule has 0 unspecified atom stereocenters. The summed E-state index contributed by atoms with van der Waals surface area (Å²) in [6.45, 7) is 1.90. The minimum atomic E-state index is -0.498. The number of ether oxygens (including phenoxy) is 1. The fraction of sp³-hybridized carbons (Fsp3) is 0.619. The molecule has 0 aromatic heterocycles. The third kappa shape index (κ3) is 3.31. The van der Waals surface area contributed by atoms with Crippen molar-refractivity contribution in [2.45, 2.75) is 51.5 Å². The molecule has 0 heterocycles. The lowest BCUT2D eigenvalue weighted by Crippen LogP contribution is -2.56. The highest BCUT2D eigenvalue weighted by Gasteiger charge is 2.53. The Morgan fingerprint density at radius 3 is 2.19 bits per heavy atom. The van der Waals surface area contributed by atoms with E-state index in [1.165, 1.54) is 38.5 Å². The molecular weight excluding hydrogens is 328 g/mol. The van der Waals surface area contributed by atoms with Gasteiger partial charge in [-0.1, -0.05) is 0 Å². The SMILES string of the molecule is C[C@H](NC(=O)COC(=O)c1ccc(N)cc1)C12CC3CC(CC(C3)C1)C2. The van der Waals surface area contributed by atoms with Gasteiger partial charge in [-0.25, -0.2) is 4.79 Å². The Morgan fingerprint density at radius 2 is 1.65 bits per heavy atom. The number of amides is 1. The number of hydrogen-bond donors (Lipinski definition) is 2. The molecule has 4 fully saturated rings. The number of carbonyl (C=O) groups is 2. The van der Waals surface area contributed by atoms with Crippen molar-refractivity contribution in [3.05, 3.63) is 29.8 Å². The minimum absolute atomic E-state index is 0.138. The van der Waals surface area contributed by atoms with E-state index in [0.717, 1.165) is 17.8 Å². The molecule has 26 heavy (non-hydrogen) atoms. The molecule has 4 bridgehead atoms. The van der Waals surface area contributed by atoms with E-state index in [2.05, 4.69) is 12.2 Å². The van der Waals surface area contributed by atoms with Gasteiger partial charge in [0.15, 0.2) is 6.61 Å². The predicted octanol–water partition coefficient (Wildman–Crippen LogP) is 3.15. The largest absolute Gasteiger partial charge is 0.452 e. The van der Waals surface area contributed by atoms with Crippen molar-refractivity contribution in [2.24, 2.45) is 23.2 Å². The van der Waals surface area contributed by atoms with E-state index in [1.807, 2.05) is 0 Å². The van der Waals surface area contributed by atoms with Gasteiger partial charge in [0.1, 0.15) is 0 Å². The lowest BCUT2D eigenvalue weighted by Gasteiger charge is -2.59. The van der Waals surface area contributed by atoms with Crippen molar-refractivity contribution in [1.82, 2.24) is 5.32 Å². The quantitative estimate of drug-likeness (QED) is 0.627. The van der Waals surface area contributed by atoms with E-state index in [1.54, 1.807) is 24.3 Å². The van der Waals surface area contributed by atoms with Gasteiger partial charge in [-0.3, -0.25) is 4.79 Å². The number of nitrogens with one attached hydrogen (secondary N) is 1. The zero-order valence-electron chi connectivity index (χ0n) is 15.4. The minimum Gasteiger partial charge on any atom is -0.452 e. The van der Waals surface area contributed by atoms with Gasteiger partial charge in [0, 0.05) is 11.7 Å². The van der Waals surface area contributed by atoms with Crippen LogP contribution in [0, 0.1) is 23.2 Å².